The average molecular weight is 699 g/mol. The number of carboxylic acid groups (broad SMARTS) is 3. The van der Waals surface area contributed by atoms with Gasteiger partial charge >= 0.3 is 61.1 Å². The van der Waals surface area contributed by atoms with Crippen molar-refractivity contribution in [1.29, 1.82) is 0 Å². The molecule has 0 fully saturated rings. The highest BCUT2D eigenvalue weighted by atomic mass is 32.3. The lowest BCUT2D eigenvalue weighted by molar-refractivity contribution is -0.145. The molecule has 236 valence electrons. The summed E-state index contributed by atoms with van der Waals surface area (Å²) in [5, 5.41) is 74.8. The Hall–Kier alpha value is -1.05. The summed E-state index contributed by atoms with van der Waals surface area (Å²) in [6.07, 6.45) is 0.594. The Morgan fingerprint density at radius 2 is 0.718 bits per heavy atom. The molecule has 21 nitrogen and oxygen atoms in total. The average Bonchev–Trinajstić information content (AvgIpc) is 2.74. The molecule has 0 spiro atoms. The Bertz CT molecular complexity index is 986. The van der Waals surface area contributed by atoms with Crippen molar-refractivity contribution in [3.63, 3.8) is 0 Å². The molecule has 12 N–H and O–H groups in total. The van der Waals surface area contributed by atoms with E-state index in [4.69, 9.17) is 59.6 Å². The molecule has 0 aromatic carbocycles. The van der Waals surface area contributed by atoms with Crippen LogP contribution in [0.3, 0.4) is 0 Å². The summed E-state index contributed by atoms with van der Waals surface area (Å²) < 4.78 is 73.3. The van der Waals surface area contributed by atoms with Gasteiger partial charge in [0.05, 0.1) is 19.8 Å². The lowest BCUT2D eigenvalue weighted by atomic mass is 9.88. The third-order valence-corrected chi connectivity index (χ3v) is 9.00. The molecular formula is C12H26O21S6. The third kappa shape index (κ3) is 14.4. The zero-order chi connectivity index (χ0) is 33.1. The fraction of sp³-hybridized carbons (Fsp3) is 0.750. The van der Waals surface area contributed by atoms with Crippen LogP contribution in [0.15, 0.2) is 0 Å². The van der Waals surface area contributed by atoms with Gasteiger partial charge in [-0.1, -0.05) is 6.92 Å². The minimum absolute atomic E-state index is 0.156. The molecule has 39 heavy (non-hydrogen) atoms. The quantitative estimate of drug-likeness (QED) is 0.0576. The monoisotopic (exact) mass is 698 g/mol. The number of rotatable bonds is 10. The van der Waals surface area contributed by atoms with Crippen molar-refractivity contribution in [2.24, 2.45) is 5.41 Å². The topological polar surface area (TPSA) is 396 Å². The van der Waals surface area contributed by atoms with E-state index in [0.29, 0.717) is 6.42 Å². The molecule has 0 radical (unpaired) electrons. The van der Waals surface area contributed by atoms with Crippen LogP contribution < -0.4 is 0 Å². The second-order valence-corrected chi connectivity index (χ2v) is 14.0. The number of thiol groups is 3. The number of aliphatic hydroxyl groups excluding tert-OH is 3. The fourth-order valence-electron chi connectivity index (χ4n) is 0.816. The van der Waals surface area contributed by atoms with Crippen molar-refractivity contribution in [2.75, 3.05) is 19.8 Å². The number of carbonyl (C=O) groups is 3. The molecule has 3 unspecified atom stereocenters. The van der Waals surface area contributed by atoms with Gasteiger partial charge in [0.25, 0.3) is 0 Å². The van der Waals surface area contributed by atoms with Crippen LogP contribution >= 0.6 is 37.9 Å². The highest BCUT2D eigenvalue weighted by Crippen LogP contribution is 2.19. The molecule has 0 amide bonds. The van der Waals surface area contributed by atoms with Crippen LogP contribution in [0, 0.1) is 5.41 Å². The van der Waals surface area contributed by atoms with E-state index in [0.717, 1.165) is 0 Å². The lowest BCUT2D eigenvalue weighted by Gasteiger charge is -2.24. The summed E-state index contributed by atoms with van der Waals surface area (Å²) in [6, 6.07) is 0. The molecule has 0 aromatic heterocycles. The molecule has 0 saturated carbocycles. The highest BCUT2D eigenvalue weighted by Gasteiger charge is 2.47. The molecule has 3 atom stereocenters. The summed E-state index contributed by atoms with van der Waals surface area (Å²) >= 11 is 8.34. The van der Waals surface area contributed by atoms with Crippen molar-refractivity contribution < 1.29 is 99.3 Å². The molecular weight excluding hydrogens is 673 g/mol. The van der Waals surface area contributed by atoms with Gasteiger partial charge in [-0.25, -0.2) is 14.4 Å². The Morgan fingerprint density at radius 3 is 0.718 bits per heavy atom. The van der Waals surface area contributed by atoms with E-state index in [2.05, 4.69) is 37.9 Å². The van der Waals surface area contributed by atoms with Gasteiger partial charge in [-0.3, -0.25) is 13.7 Å². The summed E-state index contributed by atoms with van der Waals surface area (Å²) in [5.41, 5.74) is -0.667. The Balaban J connectivity index is -0.000000210. The lowest BCUT2D eigenvalue weighted by Crippen LogP contribution is -2.40. The first-order chi connectivity index (χ1) is 16.8. The van der Waals surface area contributed by atoms with E-state index in [1.807, 2.05) is 6.92 Å². The summed E-state index contributed by atoms with van der Waals surface area (Å²) in [5.74, 6) is -6.46. The van der Waals surface area contributed by atoms with E-state index >= 15 is 0 Å². The van der Waals surface area contributed by atoms with Crippen LogP contribution in [0.25, 0.3) is 0 Å². The van der Waals surface area contributed by atoms with Gasteiger partial charge in [-0.15, -0.1) is 37.9 Å². The zero-order valence-electron chi connectivity index (χ0n) is 18.9. The van der Waals surface area contributed by atoms with E-state index in [9.17, 15) is 39.6 Å². The maximum atomic E-state index is 9.94. The van der Waals surface area contributed by atoms with Crippen LogP contribution in [-0.2, 0) is 44.7 Å². The van der Waals surface area contributed by atoms with Gasteiger partial charge in [0.15, 0.2) is 0 Å². The van der Waals surface area contributed by atoms with E-state index in [1.165, 1.54) is 0 Å². The Kier molecular flexibility index (Phi) is 18.9. The zero-order valence-corrected chi connectivity index (χ0v) is 24.1. The molecule has 0 rings (SSSR count). The maximum absolute atomic E-state index is 9.94. The molecule has 0 saturated heterocycles. The van der Waals surface area contributed by atoms with Crippen molar-refractivity contribution >= 4 is 86.1 Å². The highest BCUT2D eigenvalue weighted by molar-refractivity contribution is 8.04. The first-order valence-electron chi connectivity index (χ1n) is 8.60. The first kappa shape index (κ1) is 45.0. The number of aliphatic carboxylic acids is 3. The number of aliphatic hydroxyl groups is 6. The second kappa shape index (κ2) is 16.4. The first-order valence-corrected chi connectivity index (χ1v) is 14.3. The van der Waals surface area contributed by atoms with Crippen molar-refractivity contribution in [3.05, 3.63) is 0 Å². The number of hydrogen-bond donors (Lipinski definition) is 15. The van der Waals surface area contributed by atoms with Gasteiger partial charge in [-0.2, -0.15) is 25.3 Å². The van der Waals surface area contributed by atoms with E-state index in [1.54, 1.807) is 0 Å². The van der Waals surface area contributed by atoms with Gasteiger partial charge in [0.1, 0.15) is 0 Å². The van der Waals surface area contributed by atoms with Gasteiger partial charge in [0.2, 0.25) is 0 Å². The van der Waals surface area contributed by atoms with Gasteiger partial charge in [-0.05, 0) is 6.42 Å². The van der Waals surface area contributed by atoms with Crippen LogP contribution in [0.5, 0.6) is 0 Å². The summed E-state index contributed by atoms with van der Waals surface area (Å²) in [7, 11) is -15.2. The number of hydrogen-bond acceptors (Lipinski definition) is 18. The van der Waals surface area contributed by atoms with Crippen LogP contribution in [0.4, 0.5) is 0 Å². The smallest absolute Gasteiger partial charge is 0.365 e. The molecule has 0 bridgehead atoms. The largest absolute Gasteiger partial charge is 0.478 e. The van der Waals surface area contributed by atoms with E-state index in [-0.39, 0.29) is 19.8 Å². The molecule has 0 heterocycles. The predicted octanol–water partition coefficient (Wildman–Crippen LogP) is -5.04. The molecule has 0 aromatic rings. The maximum Gasteiger partial charge on any atom is 0.365 e. The second-order valence-electron chi connectivity index (χ2n) is 6.49. The Labute approximate surface area is 236 Å². The summed E-state index contributed by atoms with van der Waals surface area (Å²) in [6.45, 7) is 1.35. The van der Waals surface area contributed by atoms with Crippen LogP contribution in [-0.4, -0.2) is 135 Å². The predicted molar refractivity (Wildman–Crippen MR) is 133 cm³/mol. The minimum atomic E-state index is -5.08. The van der Waals surface area contributed by atoms with Crippen LogP contribution in [0.1, 0.15) is 13.3 Å². The van der Waals surface area contributed by atoms with Crippen molar-refractivity contribution in [1.82, 2.24) is 0 Å². The minimum Gasteiger partial charge on any atom is -0.478 e. The van der Waals surface area contributed by atoms with Crippen molar-refractivity contribution in [2.45, 2.75) is 26.1 Å². The molecule has 0 aliphatic heterocycles. The standard InChI is InChI=1S/C6H14O3.3C2H4O6S2/c1-2-6(3-7,4-8)5-9;3*3-1(4)2(5,9)10(6,7)8/h7-9H,2-5H2,1H3;3*5,9H,(H,3,4)(H,6,7,8). The van der Waals surface area contributed by atoms with Crippen molar-refractivity contribution in [3.8, 4) is 0 Å². The SMILES string of the molecule is CCC(CO)(CO)CO.O=C(O)C(O)(S)S(=O)(=O)O.O=C(O)C(O)(S)S(=O)(=O)O.O=C(O)C(O)(S)S(=O)(=O)O. The normalized spacial score (nSPS) is 16.5. The molecule has 0 aliphatic carbocycles. The van der Waals surface area contributed by atoms with Gasteiger partial charge < -0.3 is 46.0 Å². The number of carboxylic acids is 3. The summed E-state index contributed by atoms with van der Waals surface area (Å²) in [4.78, 5) is 29.4. The molecule has 0 aliphatic rings. The van der Waals surface area contributed by atoms with E-state index < -0.39 is 66.5 Å². The Morgan fingerprint density at radius 1 is 0.564 bits per heavy atom. The van der Waals surface area contributed by atoms with Gasteiger partial charge in [0, 0.05) is 5.41 Å². The van der Waals surface area contributed by atoms with Crippen LogP contribution in [0.2, 0.25) is 0 Å². The fourth-order valence-corrected chi connectivity index (χ4v) is 1.48. The molecule has 27 heteroatoms. The third-order valence-electron chi connectivity index (χ3n) is 3.67.